The zero-order valence-corrected chi connectivity index (χ0v) is 10.5. The highest BCUT2D eigenvalue weighted by Gasteiger charge is 2.32. The van der Waals surface area contributed by atoms with E-state index < -0.39 is 0 Å². The molecule has 0 saturated carbocycles. The standard InChI is InChI=1S/C12H22FN3O/c1-10(2)7-15-11(14)16-9-12(8-13)3-5-17-6-4-12/h1,3-9H2,2H3,(H3,14,15,16). The Morgan fingerprint density at radius 1 is 1.53 bits per heavy atom. The molecule has 0 atom stereocenters. The van der Waals surface area contributed by atoms with Gasteiger partial charge in [0.1, 0.15) is 0 Å². The van der Waals surface area contributed by atoms with Gasteiger partial charge < -0.3 is 15.8 Å². The average molecular weight is 243 g/mol. The molecule has 0 aromatic heterocycles. The molecule has 17 heavy (non-hydrogen) atoms. The molecule has 1 rings (SSSR count). The van der Waals surface area contributed by atoms with E-state index in [9.17, 15) is 4.39 Å². The van der Waals surface area contributed by atoms with E-state index in [2.05, 4.69) is 16.9 Å². The Morgan fingerprint density at radius 2 is 2.18 bits per heavy atom. The fraction of sp³-hybridized carbons (Fsp3) is 0.750. The number of alkyl halides is 1. The number of nitrogens with zero attached hydrogens (tertiary/aromatic N) is 1. The van der Waals surface area contributed by atoms with Crippen molar-refractivity contribution in [3.05, 3.63) is 12.2 Å². The average Bonchev–Trinajstić information content (AvgIpc) is 2.35. The maximum atomic E-state index is 13.1. The van der Waals surface area contributed by atoms with Crippen LogP contribution in [-0.2, 0) is 4.74 Å². The Hall–Kier alpha value is -1.10. The molecule has 1 aliphatic rings. The molecule has 0 unspecified atom stereocenters. The zero-order chi connectivity index (χ0) is 12.7. The van der Waals surface area contributed by atoms with Gasteiger partial charge in [-0.1, -0.05) is 12.2 Å². The summed E-state index contributed by atoms with van der Waals surface area (Å²) in [5.41, 5.74) is 6.30. The Labute approximate surface area is 102 Å². The summed E-state index contributed by atoms with van der Waals surface area (Å²) in [5, 5.41) is 2.94. The van der Waals surface area contributed by atoms with E-state index in [1.165, 1.54) is 0 Å². The third kappa shape index (κ3) is 4.73. The van der Waals surface area contributed by atoms with Crippen LogP contribution in [0.4, 0.5) is 4.39 Å². The summed E-state index contributed by atoms with van der Waals surface area (Å²) < 4.78 is 18.3. The van der Waals surface area contributed by atoms with Gasteiger partial charge in [-0.15, -0.1) is 0 Å². The summed E-state index contributed by atoms with van der Waals surface area (Å²) >= 11 is 0. The molecule has 0 radical (unpaired) electrons. The molecule has 0 bridgehead atoms. The Kier molecular flexibility index (Phi) is 5.41. The molecular formula is C12H22FN3O. The lowest BCUT2D eigenvalue weighted by molar-refractivity contribution is 0.00693. The van der Waals surface area contributed by atoms with Gasteiger partial charge in [0.25, 0.3) is 0 Å². The van der Waals surface area contributed by atoms with Crippen LogP contribution in [0.2, 0.25) is 0 Å². The van der Waals surface area contributed by atoms with Crippen LogP contribution in [0.25, 0.3) is 0 Å². The SMILES string of the molecule is C=C(C)CNC(N)=NCC1(CF)CCOCC1. The molecule has 0 aromatic carbocycles. The topological polar surface area (TPSA) is 59.6 Å². The van der Waals surface area contributed by atoms with E-state index in [1.54, 1.807) is 0 Å². The summed E-state index contributed by atoms with van der Waals surface area (Å²) in [7, 11) is 0. The van der Waals surface area contributed by atoms with E-state index in [4.69, 9.17) is 10.5 Å². The van der Waals surface area contributed by atoms with Crippen LogP contribution >= 0.6 is 0 Å². The first kappa shape index (κ1) is 14.0. The minimum Gasteiger partial charge on any atom is -0.381 e. The van der Waals surface area contributed by atoms with Gasteiger partial charge >= 0.3 is 0 Å². The summed E-state index contributed by atoms with van der Waals surface area (Å²) in [6.45, 7) is 7.53. The van der Waals surface area contributed by atoms with E-state index >= 15 is 0 Å². The molecule has 5 heteroatoms. The maximum absolute atomic E-state index is 13.1. The third-order valence-electron chi connectivity index (χ3n) is 2.99. The number of nitrogens with one attached hydrogen (secondary N) is 1. The first-order valence-corrected chi connectivity index (χ1v) is 5.90. The lowest BCUT2D eigenvalue weighted by atomic mass is 9.82. The number of guanidine groups is 1. The van der Waals surface area contributed by atoms with Crippen molar-refractivity contribution in [2.45, 2.75) is 19.8 Å². The predicted molar refractivity (Wildman–Crippen MR) is 67.8 cm³/mol. The molecule has 1 saturated heterocycles. The summed E-state index contributed by atoms with van der Waals surface area (Å²) in [6, 6.07) is 0. The van der Waals surface area contributed by atoms with Crippen LogP contribution in [0.5, 0.6) is 0 Å². The molecule has 98 valence electrons. The second kappa shape index (κ2) is 6.59. The van der Waals surface area contributed by atoms with Crippen molar-refractivity contribution in [2.24, 2.45) is 16.1 Å². The molecule has 0 spiro atoms. The quantitative estimate of drug-likeness (QED) is 0.434. The van der Waals surface area contributed by atoms with Crippen LogP contribution in [0.3, 0.4) is 0 Å². The molecule has 0 aliphatic carbocycles. The smallest absolute Gasteiger partial charge is 0.188 e. The molecule has 0 amide bonds. The number of halogens is 1. The number of ether oxygens (including phenoxy) is 1. The highest BCUT2D eigenvalue weighted by Crippen LogP contribution is 2.31. The lowest BCUT2D eigenvalue weighted by Gasteiger charge is -2.33. The van der Waals surface area contributed by atoms with Gasteiger partial charge in [0.05, 0.1) is 13.2 Å². The van der Waals surface area contributed by atoms with Crippen molar-refractivity contribution in [2.75, 3.05) is 33.0 Å². The largest absolute Gasteiger partial charge is 0.381 e. The van der Waals surface area contributed by atoms with E-state index in [1.807, 2.05) is 6.92 Å². The highest BCUT2D eigenvalue weighted by atomic mass is 19.1. The number of aliphatic imine (C=N–C) groups is 1. The lowest BCUT2D eigenvalue weighted by Crippen LogP contribution is -2.38. The summed E-state index contributed by atoms with van der Waals surface area (Å²) in [6.07, 6.45) is 1.42. The van der Waals surface area contributed by atoms with Crippen molar-refractivity contribution in [3.8, 4) is 0 Å². The molecule has 0 aromatic rings. The zero-order valence-electron chi connectivity index (χ0n) is 10.5. The van der Waals surface area contributed by atoms with E-state index in [0.717, 1.165) is 5.57 Å². The van der Waals surface area contributed by atoms with Gasteiger partial charge in [0, 0.05) is 25.2 Å². The molecule has 1 aliphatic heterocycles. The van der Waals surface area contributed by atoms with Crippen molar-refractivity contribution in [1.29, 1.82) is 0 Å². The third-order valence-corrected chi connectivity index (χ3v) is 2.99. The van der Waals surface area contributed by atoms with Crippen molar-refractivity contribution in [1.82, 2.24) is 5.32 Å². The minimum absolute atomic E-state index is 0.354. The Balaban J connectivity index is 2.44. The van der Waals surface area contributed by atoms with Gasteiger partial charge in [0.15, 0.2) is 5.96 Å². The van der Waals surface area contributed by atoms with E-state index in [-0.39, 0.29) is 12.1 Å². The Bertz CT molecular complexity index is 285. The fourth-order valence-electron chi connectivity index (χ4n) is 1.69. The summed E-state index contributed by atoms with van der Waals surface area (Å²) in [4.78, 5) is 4.21. The van der Waals surface area contributed by atoms with Gasteiger partial charge in [-0.2, -0.15) is 0 Å². The summed E-state index contributed by atoms with van der Waals surface area (Å²) in [5.74, 6) is 0.354. The van der Waals surface area contributed by atoms with Gasteiger partial charge in [0.2, 0.25) is 0 Å². The number of hydrogen-bond donors (Lipinski definition) is 2. The van der Waals surface area contributed by atoms with Crippen LogP contribution in [0.1, 0.15) is 19.8 Å². The molecule has 4 nitrogen and oxygen atoms in total. The number of nitrogens with two attached hydrogens (primary N) is 1. The molecule has 1 heterocycles. The van der Waals surface area contributed by atoms with Gasteiger partial charge in [-0.3, -0.25) is 9.38 Å². The molecule has 3 N–H and O–H groups in total. The monoisotopic (exact) mass is 243 g/mol. The first-order valence-electron chi connectivity index (χ1n) is 5.90. The van der Waals surface area contributed by atoms with Gasteiger partial charge in [-0.25, -0.2) is 0 Å². The van der Waals surface area contributed by atoms with Crippen LogP contribution in [0, 0.1) is 5.41 Å². The van der Waals surface area contributed by atoms with Crippen molar-refractivity contribution in [3.63, 3.8) is 0 Å². The van der Waals surface area contributed by atoms with Gasteiger partial charge in [-0.05, 0) is 19.8 Å². The van der Waals surface area contributed by atoms with Crippen LogP contribution in [-0.4, -0.2) is 38.9 Å². The fourth-order valence-corrected chi connectivity index (χ4v) is 1.69. The van der Waals surface area contributed by atoms with Crippen LogP contribution in [0.15, 0.2) is 17.1 Å². The second-order valence-corrected chi connectivity index (χ2v) is 4.76. The first-order chi connectivity index (χ1) is 8.08. The van der Waals surface area contributed by atoms with Crippen LogP contribution < -0.4 is 11.1 Å². The van der Waals surface area contributed by atoms with Crippen molar-refractivity contribution < 1.29 is 9.13 Å². The number of hydrogen-bond acceptors (Lipinski definition) is 2. The normalized spacial score (nSPS) is 20.0. The van der Waals surface area contributed by atoms with E-state index in [0.29, 0.717) is 45.1 Å². The Morgan fingerprint density at radius 3 is 2.71 bits per heavy atom. The highest BCUT2D eigenvalue weighted by molar-refractivity contribution is 5.78. The molecule has 1 fully saturated rings. The minimum atomic E-state index is -0.381. The molecular weight excluding hydrogens is 221 g/mol. The van der Waals surface area contributed by atoms with Crippen molar-refractivity contribution >= 4 is 5.96 Å². The maximum Gasteiger partial charge on any atom is 0.188 e. The predicted octanol–water partition coefficient (Wildman–Crippen LogP) is 1.23. The second-order valence-electron chi connectivity index (χ2n) is 4.76. The number of rotatable bonds is 5.